The molecule has 2 aromatic carbocycles. The molecule has 2 aromatic rings. The summed E-state index contributed by atoms with van der Waals surface area (Å²) in [5.41, 5.74) is 2.59. The molecule has 0 fully saturated rings. The second-order valence-electron chi connectivity index (χ2n) is 26.3. The zero-order valence-corrected chi connectivity index (χ0v) is 62.3. The second-order valence-corrected chi connectivity index (χ2v) is 28.1. The van der Waals surface area contributed by atoms with Gasteiger partial charge in [0.1, 0.15) is 30.2 Å². The van der Waals surface area contributed by atoms with E-state index in [4.69, 9.17) is 56.8 Å². The van der Waals surface area contributed by atoms with Crippen LogP contribution in [0.1, 0.15) is 68.9 Å². The minimum absolute atomic E-state index is 0.00274. The number of Topliss-reactive ketones (excluding diaryl/α,β-unsaturated/α-hetero) is 1. The number of ether oxygens (including phenoxy) is 12. The fraction of sp³-hybridized carbons (Fsp3) is 0.800. The highest BCUT2D eigenvalue weighted by atomic mass is 79.9. The highest BCUT2D eigenvalue weighted by Gasteiger charge is 2.44. The first-order valence-electron chi connectivity index (χ1n) is 35.3. The maximum Gasteiger partial charge on any atom is 0.220 e. The van der Waals surface area contributed by atoms with E-state index in [1.807, 2.05) is 36.4 Å². The third-order valence-corrected chi connectivity index (χ3v) is 17.5. The molecule has 17 N–H and O–H groups in total. The number of rotatable bonds is 69. The summed E-state index contributed by atoms with van der Waals surface area (Å²) in [5.74, 6) is -3.07. The van der Waals surface area contributed by atoms with Gasteiger partial charge in [-0.15, -0.1) is 0 Å². The van der Waals surface area contributed by atoms with Crippen molar-refractivity contribution in [2.24, 2.45) is 29.6 Å². The number of halogens is 2. The van der Waals surface area contributed by atoms with Crippen molar-refractivity contribution in [1.82, 2.24) is 5.32 Å². The Bertz CT molecular complexity index is 2220. The third kappa shape index (κ3) is 41.2. The third-order valence-electron chi connectivity index (χ3n) is 16.5. The van der Waals surface area contributed by atoms with Gasteiger partial charge >= 0.3 is 0 Å². The van der Waals surface area contributed by atoms with Gasteiger partial charge in [-0.3, -0.25) is 9.59 Å². The molecule has 0 saturated heterocycles. The van der Waals surface area contributed by atoms with Crippen LogP contribution in [0.25, 0.3) is 11.1 Å². The lowest BCUT2D eigenvalue weighted by Gasteiger charge is -2.33. The van der Waals surface area contributed by atoms with Crippen LogP contribution in [0.4, 0.5) is 0 Å². The standard InChI is InChI=1S/C70H119Br2NO30/c71-53-1-3-65-66-4-2-54(72)19-68(66)70(67(65)18-53,11-5-56(82)17-48(24-92-26-49(34-100-44-61(87)20-78)30-96-40-57(83)7-13-74)25-93-27-50(35-101-45-62(88)21-79)31-97-41-58(84)8-14-75)12-6-69(91)73-55(38-94-28-51(36-102-46-63(89)22-80)32-98-42-59(85)9-15-76)39-95-29-52(37-103-47-64(90)23-81)33-99-43-60(86)10-16-77/h1-4,18-19,48-52,55,57-64,74-81,83-90H,5-17,20-47H2,(H,73,91). The van der Waals surface area contributed by atoms with Crippen LogP contribution in [-0.4, -0.2) is 360 Å². The van der Waals surface area contributed by atoms with E-state index in [0.29, 0.717) is 0 Å². The highest BCUT2D eigenvalue weighted by molar-refractivity contribution is 9.10. The lowest BCUT2D eigenvalue weighted by molar-refractivity contribution is -0.123. The van der Waals surface area contributed by atoms with Crippen molar-refractivity contribution in [3.63, 3.8) is 0 Å². The van der Waals surface area contributed by atoms with Gasteiger partial charge in [-0.05, 0) is 85.0 Å². The molecule has 0 aromatic heterocycles. The number of carbonyl (C=O) groups is 2. The number of hydrogen-bond donors (Lipinski definition) is 17. The predicted octanol–water partition coefficient (Wildman–Crippen LogP) is -1.85. The Morgan fingerprint density at radius 1 is 0.340 bits per heavy atom. The number of amides is 1. The van der Waals surface area contributed by atoms with Crippen molar-refractivity contribution >= 4 is 43.6 Å². The monoisotopic (exact) mass is 1610 g/mol. The molecule has 12 unspecified atom stereocenters. The Hall–Kier alpha value is -2.58. The van der Waals surface area contributed by atoms with Crippen LogP contribution in [0.3, 0.4) is 0 Å². The molecule has 1 aliphatic carbocycles. The van der Waals surface area contributed by atoms with E-state index in [9.17, 15) is 91.3 Å². The molecular weight excluding hydrogens is 1490 g/mol. The van der Waals surface area contributed by atoms with Gasteiger partial charge in [-0.2, -0.15) is 0 Å². The summed E-state index contributed by atoms with van der Waals surface area (Å²) in [6.45, 7) is -4.41. The van der Waals surface area contributed by atoms with E-state index in [1.54, 1.807) is 0 Å². The molecule has 31 nitrogen and oxygen atoms in total. The van der Waals surface area contributed by atoms with Gasteiger partial charge in [-0.25, -0.2) is 0 Å². The number of aliphatic hydroxyl groups is 16. The molecule has 1 amide bonds. The van der Waals surface area contributed by atoms with Crippen LogP contribution in [0.15, 0.2) is 45.3 Å². The summed E-state index contributed by atoms with van der Waals surface area (Å²) in [7, 11) is 0. The number of nitrogens with one attached hydrogen (secondary N) is 1. The predicted molar refractivity (Wildman–Crippen MR) is 379 cm³/mol. The van der Waals surface area contributed by atoms with Crippen molar-refractivity contribution in [3.8, 4) is 11.1 Å². The van der Waals surface area contributed by atoms with Crippen molar-refractivity contribution < 1.29 is 148 Å². The van der Waals surface area contributed by atoms with E-state index in [-0.39, 0.29) is 249 Å². The van der Waals surface area contributed by atoms with Gasteiger partial charge < -0.3 is 144 Å². The Labute approximate surface area is 620 Å². The van der Waals surface area contributed by atoms with Crippen LogP contribution < -0.4 is 5.32 Å². The van der Waals surface area contributed by atoms with Crippen molar-refractivity contribution in [2.45, 2.75) is 118 Å². The molecule has 12 atom stereocenters. The number of hydrogen-bond acceptors (Lipinski definition) is 30. The van der Waals surface area contributed by atoms with Gasteiger partial charge in [0.2, 0.25) is 5.91 Å². The first-order valence-corrected chi connectivity index (χ1v) is 36.9. The lowest BCUT2D eigenvalue weighted by Crippen LogP contribution is -2.43. The fourth-order valence-corrected chi connectivity index (χ4v) is 11.8. The Morgan fingerprint density at radius 2 is 0.592 bits per heavy atom. The number of aliphatic hydroxyl groups excluding tert-OH is 16. The van der Waals surface area contributed by atoms with Crippen molar-refractivity contribution in [3.05, 3.63) is 56.5 Å². The zero-order chi connectivity index (χ0) is 75.6. The van der Waals surface area contributed by atoms with Gasteiger partial charge in [0, 0.05) is 89.6 Å². The van der Waals surface area contributed by atoms with E-state index >= 15 is 0 Å². The molecule has 3 rings (SSSR count). The maximum atomic E-state index is 14.9. The smallest absolute Gasteiger partial charge is 0.220 e. The zero-order valence-electron chi connectivity index (χ0n) is 59.2. The SMILES string of the molecule is O=C(CCC1(CCC(=O)NC(COCC(COCC(O)CO)COCC(O)CCO)COCC(COCC(O)CO)COCC(O)CCO)c2cc(Br)ccc2-c2ccc(Br)cc21)CC(COCC(COCC(O)CO)COCC(O)CCO)COCC(COCC(O)CO)COCC(O)CCO. The number of benzene rings is 2. The van der Waals surface area contributed by atoms with E-state index in [0.717, 1.165) is 31.2 Å². The van der Waals surface area contributed by atoms with Crippen molar-refractivity contribution in [2.75, 3.05) is 211 Å². The van der Waals surface area contributed by atoms with E-state index < -0.39 is 122 Å². The van der Waals surface area contributed by atoms with Crippen LogP contribution in [0.2, 0.25) is 0 Å². The molecule has 0 saturated carbocycles. The summed E-state index contributed by atoms with van der Waals surface area (Å²) in [5, 5.41) is 159. The molecule has 0 bridgehead atoms. The quantitative estimate of drug-likeness (QED) is 0.0346. The normalized spacial score (nSPS) is 17.0. The summed E-state index contributed by atoms with van der Waals surface area (Å²) in [6.07, 6.45) is -7.73. The van der Waals surface area contributed by atoms with Gasteiger partial charge in [-0.1, -0.05) is 44.0 Å². The average Bonchev–Trinajstić information content (AvgIpc) is 1.57. The van der Waals surface area contributed by atoms with Gasteiger partial charge in [0.05, 0.1) is 215 Å². The second kappa shape index (κ2) is 57.5. The molecule has 1 aliphatic rings. The topological polar surface area (TPSA) is 481 Å². The number of carbonyl (C=O) groups excluding carboxylic acids is 2. The minimum Gasteiger partial charge on any atom is -0.396 e. The minimum atomic E-state index is -1.15. The largest absolute Gasteiger partial charge is 0.396 e. The molecule has 33 heteroatoms. The molecule has 0 radical (unpaired) electrons. The molecular formula is C70H119Br2NO30. The Balaban J connectivity index is 2.02. The Morgan fingerprint density at radius 3 is 0.874 bits per heavy atom. The molecule has 598 valence electrons. The molecule has 0 aliphatic heterocycles. The first kappa shape index (κ1) is 94.6. The van der Waals surface area contributed by atoms with Gasteiger partial charge in [0.15, 0.2) is 0 Å². The van der Waals surface area contributed by atoms with Crippen LogP contribution >= 0.6 is 31.9 Å². The highest BCUT2D eigenvalue weighted by Crippen LogP contribution is 2.55. The van der Waals surface area contributed by atoms with Crippen LogP contribution in [-0.2, 0) is 71.8 Å². The summed E-state index contributed by atoms with van der Waals surface area (Å²) < 4.78 is 72.4. The number of ketones is 1. The first-order chi connectivity index (χ1) is 49.6. The van der Waals surface area contributed by atoms with E-state index in [2.05, 4.69) is 37.2 Å². The molecule has 0 heterocycles. The van der Waals surface area contributed by atoms with Crippen molar-refractivity contribution in [1.29, 1.82) is 0 Å². The van der Waals surface area contributed by atoms with E-state index in [1.165, 1.54) is 0 Å². The molecule has 103 heavy (non-hydrogen) atoms. The van der Waals surface area contributed by atoms with Crippen LogP contribution in [0, 0.1) is 29.6 Å². The van der Waals surface area contributed by atoms with Crippen LogP contribution in [0.5, 0.6) is 0 Å². The van der Waals surface area contributed by atoms with Gasteiger partial charge in [0.25, 0.3) is 0 Å². The fourth-order valence-electron chi connectivity index (χ4n) is 11.0. The summed E-state index contributed by atoms with van der Waals surface area (Å²) in [6, 6.07) is 11.0. The lowest BCUT2D eigenvalue weighted by atomic mass is 9.70. The Kier molecular flexibility index (Phi) is 52.8. The average molecular weight is 1610 g/mol. The summed E-state index contributed by atoms with van der Waals surface area (Å²) in [4.78, 5) is 29.7. The maximum absolute atomic E-state index is 14.9. The molecule has 0 spiro atoms. The summed E-state index contributed by atoms with van der Waals surface area (Å²) >= 11 is 7.39. The number of fused-ring (bicyclic) bond motifs is 3.